The van der Waals surface area contributed by atoms with Gasteiger partial charge in [0.2, 0.25) is 0 Å². The third kappa shape index (κ3) is 4.05. The van der Waals surface area contributed by atoms with E-state index in [0.717, 1.165) is 17.0 Å². The molecule has 0 radical (unpaired) electrons. The molecular formula is C19H17F5N6O2. The zero-order valence-electron chi connectivity index (χ0n) is 16.7. The third-order valence-electron chi connectivity index (χ3n) is 4.97. The van der Waals surface area contributed by atoms with Crippen LogP contribution >= 0.6 is 0 Å². The van der Waals surface area contributed by atoms with Crippen molar-refractivity contribution < 1.29 is 31.5 Å². The van der Waals surface area contributed by atoms with E-state index < -0.39 is 35.5 Å². The van der Waals surface area contributed by atoms with Gasteiger partial charge in [-0.05, 0) is 12.5 Å². The molecule has 0 aliphatic carbocycles. The molecule has 2 aromatic heterocycles. The summed E-state index contributed by atoms with van der Waals surface area (Å²) in [6.45, 7) is 1.49. The summed E-state index contributed by atoms with van der Waals surface area (Å²) < 4.78 is 64.4. The quantitative estimate of drug-likeness (QED) is 0.411. The fourth-order valence-corrected chi connectivity index (χ4v) is 2.92. The van der Waals surface area contributed by atoms with Crippen LogP contribution in [0.25, 0.3) is 10.9 Å². The summed E-state index contributed by atoms with van der Waals surface area (Å²) in [7, 11) is 1.29. The lowest BCUT2D eigenvalue weighted by molar-refractivity contribution is -0.289. The Hall–Kier alpha value is -3.77. The Morgan fingerprint density at radius 2 is 1.75 bits per heavy atom. The van der Waals surface area contributed by atoms with E-state index in [2.05, 4.69) is 20.5 Å². The molecule has 3 rings (SSSR count). The van der Waals surface area contributed by atoms with Crippen LogP contribution in [0.2, 0.25) is 0 Å². The second kappa shape index (κ2) is 8.05. The second-order valence-corrected chi connectivity index (χ2v) is 6.96. The van der Waals surface area contributed by atoms with E-state index in [9.17, 15) is 31.5 Å². The maximum absolute atomic E-state index is 13.4. The predicted octanol–water partition coefficient (Wildman–Crippen LogP) is 3.35. The Morgan fingerprint density at radius 3 is 2.34 bits per heavy atom. The maximum atomic E-state index is 13.4. The van der Waals surface area contributed by atoms with Gasteiger partial charge in [0.25, 0.3) is 0 Å². The van der Waals surface area contributed by atoms with Crippen LogP contribution < -0.4 is 11.1 Å². The minimum absolute atomic E-state index is 0.157. The molecule has 0 unspecified atom stereocenters. The van der Waals surface area contributed by atoms with Crippen molar-refractivity contribution in [2.75, 3.05) is 18.1 Å². The first-order valence-electron chi connectivity index (χ1n) is 9.05. The zero-order valence-corrected chi connectivity index (χ0v) is 16.7. The molecule has 3 aromatic rings. The van der Waals surface area contributed by atoms with E-state index in [1.165, 1.54) is 26.4 Å². The lowest BCUT2D eigenvalue weighted by atomic mass is 10.0. The molecular weight excluding hydrogens is 439 g/mol. The van der Waals surface area contributed by atoms with Gasteiger partial charge >= 0.3 is 23.9 Å². The average Bonchev–Trinajstić information content (AvgIpc) is 3.24. The number of carbonyl (C=O) groups excluding carboxylic acids is 2. The zero-order chi connectivity index (χ0) is 23.8. The number of nitrogens with two attached hydrogens (primary N) is 1. The number of H-pyrrole nitrogens is 1. The van der Waals surface area contributed by atoms with Gasteiger partial charge in [0.05, 0.1) is 35.0 Å². The number of aromatic nitrogens is 3. The van der Waals surface area contributed by atoms with Crippen molar-refractivity contribution in [1.29, 1.82) is 0 Å². The molecule has 2 heterocycles. The Balaban J connectivity index is 1.74. The van der Waals surface area contributed by atoms with Gasteiger partial charge in [-0.3, -0.25) is 14.7 Å². The van der Waals surface area contributed by atoms with Crippen LogP contribution in [0.4, 0.5) is 33.5 Å². The molecule has 0 saturated carbocycles. The summed E-state index contributed by atoms with van der Waals surface area (Å²) in [6, 6.07) is 2.54. The highest BCUT2D eigenvalue weighted by molar-refractivity contribution is 6.40. The minimum Gasteiger partial charge on any atom is -0.383 e. The molecule has 0 saturated heterocycles. The highest BCUT2D eigenvalue weighted by atomic mass is 19.4. The molecule has 0 fully saturated rings. The first-order valence-corrected chi connectivity index (χ1v) is 9.05. The van der Waals surface area contributed by atoms with E-state index in [0.29, 0.717) is 23.0 Å². The molecule has 0 aliphatic rings. The number of benzene rings is 1. The molecule has 8 nitrogen and oxygen atoms in total. The molecule has 4 N–H and O–H groups in total. The van der Waals surface area contributed by atoms with Gasteiger partial charge in [0.15, 0.2) is 0 Å². The molecule has 0 aliphatic heterocycles. The first-order chi connectivity index (χ1) is 14.8. The largest absolute Gasteiger partial charge is 0.458 e. The number of pyridine rings is 1. The first kappa shape index (κ1) is 22.9. The van der Waals surface area contributed by atoms with Crippen LogP contribution in [-0.4, -0.2) is 45.1 Å². The van der Waals surface area contributed by atoms with Gasteiger partial charge in [-0.1, -0.05) is 24.3 Å². The Bertz CT molecular complexity index is 1160. The Kier molecular flexibility index (Phi) is 5.76. The number of fused-ring (bicyclic) bond motifs is 1. The Labute approximate surface area is 177 Å². The van der Waals surface area contributed by atoms with Crippen LogP contribution in [-0.2, 0) is 15.5 Å². The number of nitrogens with one attached hydrogen (secondary N) is 2. The van der Waals surface area contributed by atoms with Crippen molar-refractivity contribution in [3.8, 4) is 0 Å². The second-order valence-electron chi connectivity index (χ2n) is 6.96. The maximum Gasteiger partial charge on any atom is 0.458 e. The van der Waals surface area contributed by atoms with Gasteiger partial charge in [0, 0.05) is 12.6 Å². The number of nitrogens with zero attached hydrogens (tertiary/aromatic N) is 3. The third-order valence-corrected chi connectivity index (χ3v) is 4.97. The van der Waals surface area contributed by atoms with Crippen molar-refractivity contribution >= 4 is 34.2 Å². The lowest BCUT2D eigenvalue weighted by Crippen LogP contribution is -2.38. The van der Waals surface area contributed by atoms with Crippen LogP contribution in [0.1, 0.15) is 24.1 Å². The van der Waals surface area contributed by atoms with Gasteiger partial charge in [-0.2, -0.15) is 27.1 Å². The summed E-state index contributed by atoms with van der Waals surface area (Å²) in [4.78, 5) is 29.9. The molecule has 0 spiro atoms. The number of hydrogen-bond acceptors (Lipinski definition) is 5. The summed E-state index contributed by atoms with van der Waals surface area (Å²) in [5.41, 5.74) is 5.24. The number of aromatic amines is 1. The molecule has 32 heavy (non-hydrogen) atoms. The summed E-state index contributed by atoms with van der Waals surface area (Å²) in [5, 5.41) is 9.26. The lowest BCUT2D eigenvalue weighted by Gasteiger charge is -2.25. The Morgan fingerprint density at radius 1 is 1.12 bits per heavy atom. The van der Waals surface area contributed by atoms with Crippen LogP contribution in [0.15, 0.2) is 36.7 Å². The normalized spacial score (nSPS) is 13.1. The monoisotopic (exact) mass is 456 g/mol. The van der Waals surface area contributed by atoms with Gasteiger partial charge in [-0.25, -0.2) is 4.98 Å². The average molecular weight is 456 g/mol. The highest BCUT2D eigenvalue weighted by Gasteiger charge is 2.58. The minimum atomic E-state index is -5.73. The number of amides is 2. The molecule has 1 atom stereocenters. The van der Waals surface area contributed by atoms with Crippen molar-refractivity contribution in [2.45, 2.75) is 25.1 Å². The number of alkyl halides is 5. The number of carbonyl (C=O) groups is 2. The van der Waals surface area contributed by atoms with Crippen molar-refractivity contribution in [2.24, 2.45) is 0 Å². The fourth-order valence-electron chi connectivity index (χ4n) is 2.92. The standard InChI is InChI=1S/C19H17F5N6O2/c1-9(10-3-5-11(6-4-10)18(20,21)19(22,23)24)30(2)17(32)16(31)28-13-8-26-15(25)12-7-27-29-14(12)13/h3-9H,1-2H3,(H2,25,26)(H,27,29)(H,28,31)/t9-/m0/s1. The van der Waals surface area contributed by atoms with Crippen LogP contribution in [0.5, 0.6) is 0 Å². The van der Waals surface area contributed by atoms with Crippen molar-refractivity contribution in [3.63, 3.8) is 0 Å². The van der Waals surface area contributed by atoms with E-state index >= 15 is 0 Å². The molecule has 0 bridgehead atoms. The molecule has 1 aromatic carbocycles. The number of likely N-dealkylation sites (N-methyl/N-ethyl adjacent to an activating group) is 1. The molecule has 2 amide bonds. The highest BCUT2D eigenvalue weighted by Crippen LogP contribution is 2.44. The number of halogens is 5. The number of rotatable bonds is 4. The smallest absolute Gasteiger partial charge is 0.383 e. The molecule has 170 valence electrons. The molecule has 13 heteroatoms. The van der Waals surface area contributed by atoms with E-state index in [4.69, 9.17) is 5.73 Å². The number of hydrogen-bond donors (Lipinski definition) is 3. The van der Waals surface area contributed by atoms with Crippen LogP contribution in [0, 0.1) is 0 Å². The van der Waals surface area contributed by atoms with E-state index in [1.54, 1.807) is 0 Å². The van der Waals surface area contributed by atoms with Gasteiger partial charge in [0.1, 0.15) is 5.82 Å². The van der Waals surface area contributed by atoms with E-state index in [-0.39, 0.29) is 17.1 Å². The van der Waals surface area contributed by atoms with Crippen LogP contribution in [0.3, 0.4) is 0 Å². The SMILES string of the molecule is C[C@@H](c1ccc(C(F)(F)C(F)(F)F)cc1)N(C)C(=O)C(=O)Nc1cnc(N)c2cn[nH]c12. The topological polar surface area (TPSA) is 117 Å². The van der Waals surface area contributed by atoms with Gasteiger partial charge in [-0.15, -0.1) is 0 Å². The number of anilines is 2. The predicted molar refractivity (Wildman–Crippen MR) is 105 cm³/mol. The summed E-state index contributed by atoms with van der Waals surface area (Å²) in [6.07, 6.45) is -3.10. The van der Waals surface area contributed by atoms with E-state index in [1.807, 2.05) is 0 Å². The van der Waals surface area contributed by atoms with Gasteiger partial charge < -0.3 is 16.0 Å². The number of nitrogen functional groups attached to an aromatic ring is 1. The fraction of sp³-hybridized carbons (Fsp3) is 0.263. The van der Waals surface area contributed by atoms with Crippen molar-refractivity contribution in [3.05, 3.63) is 47.8 Å². The van der Waals surface area contributed by atoms with Crippen molar-refractivity contribution in [1.82, 2.24) is 20.1 Å². The summed E-state index contributed by atoms with van der Waals surface area (Å²) >= 11 is 0. The summed E-state index contributed by atoms with van der Waals surface area (Å²) in [5.74, 6) is -6.85.